The zero-order valence-corrected chi connectivity index (χ0v) is 15.9. The molecule has 0 radical (unpaired) electrons. The number of ether oxygens (including phenoxy) is 1. The van der Waals surface area contributed by atoms with Crippen molar-refractivity contribution in [2.24, 2.45) is 0 Å². The van der Waals surface area contributed by atoms with Gasteiger partial charge in [0.05, 0.1) is 14.2 Å². The third kappa shape index (κ3) is 4.92. The fourth-order valence-electron chi connectivity index (χ4n) is 2.91. The Morgan fingerprint density at radius 3 is 2.52 bits per heavy atom. The smallest absolute Gasteiger partial charge is 0.232 e. The number of rotatable bonds is 7. The highest BCUT2D eigenvalue weighted by Gasteiger charge is 2.13. The molecule has 140 valence electrons. The monoisotopic (exact) mass is 365 g/mol. The summed E-state index contributed by atoms with van der Waals surface area (Å²) in [4.78, 5) is 14.2. The van der Waals surface area contributed by atoms with Crippen LogP contribution < -0.4 is 20.7 Å². The lowest BCUT2D eigenvalue weighted by atomic mass is 10.2. The molecule has 0 fully saturated rings. The largest absolute Gasteiger partial charge is 0.496 e. The van der Waals surface area contributed by atoms with Gasteiger partial charge in [-0.2, -0.15) is 15.0 Å². The fourth-order valence-corrected chi connectivity index (χ4v) is 2.91. The first-order chi connectivity index (χ1) is 13.0. The van der Waals surface area contributed by atoms with Crippen molar-refractivity contribution in [1.29, 1.82) is 0 Å². The molecule has 0 saturated carbocycles. The molecule has 4 N–H and O–H groups in total. The van der Waals surface area contributed by atoms with Crippen LogP contribution in [0.3, 0.4) is 0 Å². The molecule has 7 heteroatoms. The average Bonchev–Trinajstić information content (AvgIpc) is 2.63. The van der Waals surface area contributed by atoms with Gasteiger partial charge in [-0.1, -0.05) is 30.3 Å². The number of hydrogen-bond acceptors (Lipinski definition) is 6. The van der Waals surface area contributed by atoms with Crippen LogP contribution in [0.25, 0.3) is 0 Å². The minimum absolute atomic E-state index is 0.209. The second-order valence-corrected chi connectivity index (χ2v) is 6.50. The van der Waals surface area contributed by atoms with E-state index in [-0.39, 0.29) is 5.95 Å². The van der Waals surface area contributed by atoms with Crippen LogP contribution in [0, 0.1) is 6.92 Å². The van der Waals surface area contributed by atoms with Crippen LogP contribution >= 0.6 is 0 Å². The molecule has 1 unspecified atom stereocenters. The molecule has 2 aromatic carbocycles. The number of methoxy groups -OCH3 is 1. The number of nitrogens with two attached hydrogens (primary N) is 1. The Hall–Kier alpha value is -3.19. The lowest BCUT2D eigenvalue weighted by Crippen LogP contribution is -3.06. The van der Waals surface area contributed by atoms with Crippen LogP contribution in [0.15, 0.2) is 48.5 Å². The summed E-state index contributed by atoms with van der Waals surface area (Å²) in [6.45, 7) is 3.43. The molecule has 0 aliphatic heterocycles. The van der Waals surface area contributed by atoms with Gasteiger partial charge in [0.2, 0.25) is 11.9 Å². The van der Waals surface area contributed by atoms with Crippen LogP contribution in [0.5, 0.6) is 5.75 Å². The molecular weight excluding hydrogens is 340 g/mol. The van der Waals surface area contributed by atoms with Gasteiger partial charge in [-0.15, -0.1) is 0 Å². The van der Waals surface area contributed by atoms with E-state index in [0.717, 1.165) is 29.1 Å². The van der Waals surface area contributed by atoms with Crippen molar-refractivity contribution in [1.82, 2.24) is 15.0 Å². The predicted molar refractivity (Wildman–Crippen MR) is 106 cm³/mol. The summed E-state index contributed by atoms with van der Waals surface area (Å²) in [7, 11) is 3.77. The molecule has 0 amide bonds. The predicted octanol–water partition coefficient (Wildman–Crippen LogP) is 1.73. The molecule has 27 heavy (non-hydrogen) atoms. The van der Waals surface area contributed by atoms with Crippen LogP contribution in [0.1, 0.15) is 17.0 Å². The highest BCUT2D eigenvalue weighted by molar-refractivity contribution is 5.58. The van der Waals surface area contributed by atoms with Crippen LogP contribution in [-0.2, 0) is 13.1 Å². The van der Waals surface area contributed by atoms with Gasteiger partial charge in [0.25, 0.3) is 0 Å². The lowest BCUT2D eigenvalue weighted by molar-refractivity contribution is -0.908. The Morgan fingerprint density at radius 1 is 1.00 bits per heavy atom. The quantitative estimate of drug-likeness (QED) is 0.591. The van der Waals surface area contributed by atoms with Gasteiger partial charge in [0.15, 0.2) is 5.82 Å². The second kappa shape index (κ2) is 8.46. The molecule has 7 nitrogen and oxygen atoms in total. The molecule has 3 rings (SSSR count). The first-order valence-corrected chi connectivity index (χ1v) is 8.81. The summed E-state index contributed by atoms with van der Waals surface area (Å²) in [5.41, 5.74) is 9.09. The van der Waals surface area contributed by atoms with Gasteiger partial charge in [-0.25, -0.2) is 0 Å². The van der Waals surface area contributed by atoms with E-state index in [9.17, 15) is 0 Å². The fraction of sp³-hybridized carbons (Fsp3) is 0.250. The topological polar surface area (TPSA) is 90.4 Å². The van der Waals surface area contributed by atoms with Crippen molar-refractivity contribution >= 4 is 17.6 Å². The summed E-state index contributed by atoms with van der Waals surface area (Å²) in [5, 5.41) is 3.22. The number of nitrogen functional groups attached to an aromatic ring is 1. The molecule has 1 atom stereocenters. The minimum Gasteiger partial charge on any atom is -0.496 e. The van der Waals surface area contributed by atoms with E-state index in [1.165, 1.54) is 4.90 Å². The van der Waals surface area contributed by atoms with Crippen molar-refractivity contribution in [3.63, 3.8) is 0 Å². The molecule has 0 aliphatic rings. The third-order valence-corrected chi connectivity index (χ3v) is 4.24. The van der Waals surface area contributed by atoms with Gasteiger partial charge in [0.1, 0.15) is 18.8 Å². The third-order valence-electron chi connectivity index (χ3n) is 4.24. The summed E-state index contributed by atoms with van der Waals surface area (Å²) in [5.74, 6) is 2.19. The molecule has 0 bridgehead atoms. The number of benzene rings is 2. The number of hydrogen-bond donors (Lipinski definition) is 3. The Labute approximate surface area is 159 Å². The Bertz CT molecular complexity index is 914. The van der Waals surface area contributed by atoms with Gasteiger partial charge >= 0.3 is 0 Å². The molecule has 0 saturated heterocycles. The zero-order chi connectivity index (χ0) is 19.2. The van der Waals surface area contributed by atoms with Crippen molar-refractivity contribution in [2.75, 3.05) is 25.2 Å². The SMILES string of the molecule is COc1ccccc1C[NH+](C)Cc1nc(N)nc(Nc2ccccc2C)n1. The molecule has 3 aromatic rings. The molecule has 1 aromatic heterocycles. The van der Waals surface area contributed by atoms with Gasteiger partial charge in [-0.05, 0) is 30.7 Å². The number of aromatic nitrogens is 3. The van der Waals surface area contributed by atoms with Crippen LogP contribution in [-0.4, -0.2) is 29.1 Å². The number of quaternary nitrogens is 1. The average molecular weight is 365 g/mol. The molecule has 0 spiro atoms. The van der Waals surface area contributed by atoms with E-state index in [4.69, 9.17) is 10.5 Å². The highest BCUT2D eigenvalue weighted by Crippen LogP contribution is 2.18. The standard InChI is InChI=1S/C20H24N6O/c1-14-8-4-6-10-16(14)22-20-24-18(23-19(21)25-20)13-26(2)12-15-9-5-7-11-17(15)27-3/h4-11H,12-13H2,1-3H3,(H3,21,22,23,24,25)/p+1. The molecule has 0 aliphatic carbocycles. The Balaban J connectivity index is 1.73. The second-order valence-electron chi connectivity index (χ2n) is 6.50. The van der Waals surface area contributed by atoms with E-state index in [1.807, 2.05) is 49.4 Å². The minimum atomic E-state index is 0.209. The van der Waals surface area contributed by atoms with Crippen molar-refractivity contribution in [3.05, 3.63) is 65.5 Å². The summed E-state index contributed by atoms with van der Waals surface area (Å²) in [6.07, 6.45) is 0. The van der Waals surface area contributed by atoms with Gasteiger partial charge in [-0.3, -0.25) is 0 Å². The Kier molecular flexibility index (Phi) is 5.83. The Morgan fingerprint density at radius 2 is 1.74 bits per heavy atom. The highest BCUT2D eigenvalue weighted by atomic mass is 16.5. The maximum absolute atomic E-state index is 5.89. The lowest BCUT2D eigenvalue weighted by Gasteiger charge is -2.16. The molecular formula is C20H25N6O+. The maximum atomic E-state index is 5.89. The normalized spacial score (nSPS) is 11.8. The van der Waals surface area contributed by atoms with E-state index < -0.39 is 0 Å². The first kappa shape index (κ1) is 18.6. The van der Waals surface area contributed by atoms with E-state index in [1.54, 1.807) is 7.11 Å². The van der Waals surface area contributed by atoms with E-state index in [2.05, 4.69) is 33.4 Å². The van der Waals surface area contributed by atoms with Crippen molar-refractivity contribution in [3.8, 4) is 5.75 Å². The first-order valence-electron chi connectivity index (χ1n) is 8.81. The number of para-hydroxylation sites is 2. The maximum Gasteiger partial charge on any atom is 0.232 e. The number of nitrogens with zero attached hydrogens (tertiary/aromatic N) is 3. The molecule has 1 heterocycles. The summed E-state index contributed by atoms with van der Waals surface area (Å²) in [6, 6.07) is 16.0. The number of aryl methyl sites for hydroxylation is 1. The van der Waals surface area contributed by atoms with Crippen molar-refractivity contribution < 1.29 is 9.64 Å². The number of anilines is 3. The summed E-state index contributed by atoms with van der Waals surface area (Å²) >= 11 is 0. The van der Waals surface area contributed by atoms with Gasteiger partial charge in [0, 0.05) is 11.3 Å². The van der Waals surface area contributed by atoms with E-state index >= 15 is 0 Å². The van der Waals surface area contributed by atoms with Gasteiger partial charge < -0.3 is 20.7 Å². The van der Waals surface area contributed by atoms with Crippen LogP contribution in [0.4, 0.5) is 17.6 Å². The zero-order valence-electron chi connectivity index (χ0n) is 15.9. The van der Waals surface area contributed by atoms with E-state index in [0.29, 0.717) is 18.3 Å². The number of nitrogens with one attached hydrogen (secondary N) is 2. The summed E-state index contributed by atoms with van der Waals surface area (Å²) < 4.78 is 5.43. The van der Waals surface area contributed by atoms with Crippen molar-refractivity contribution in [2.45, 2.75) is 20.0 Å². The van der Waals surface area contributed by atoms with Crippen LogP contribution in [0.2, 0.25) is 0 Å².